The third-order valence-corrected chi connectivity index (χ3v) is 2.65. The van der Waals surface area contributed by atoms with Crippen molar-refractivity contribution in [3.05, 3.63) is 47.0 Å². The van der Waals surface area contributed by atoms with Crippen LogP contribution in [-0.4, -0.2) is 20.5 Å². The summed E-state index contributed by atoms with van der Waals surface area (Å²) in [7, 11) is 0. The zero-order valence-electron chi connectivity index (χ0n) is 9.43. The molecule has 2 aromatic rings. The minimum atomic E-state index is -0.144. The largest absolute Gasteiger partial charge is 0.287 e. The summed E-state index contributed by atoms with van der Waals surface area (Å²) in [5.74, 6) is -0.144. The summed E-state index contributed by atoms with van der Waals surface area (Å²) < 4.78 is 1.64. The highest BCUT2D eigenvalue weighted by atomic mass is 35.5. The van der Waals surface area contributed by atoms with Gasteiger partial charge in [0.05, 0.1) is 11.2 Å². The summed E-state index contributed by atoms with van der Waals surface area (Å²) in [6, 6.07) is 3.44. The molecule has 0 fully saturated rings. The predicted molar refractivity (Wildman–Crippen MR) is 65.2 cm³/mol. The maximum atomic E-state index is 12.2. The molecule has 5 heteroatoms. The van der Waals surface area contributed by atoms with E-state index in [-0.39, 0.29) is 5.78 Å². The van der Waals surface area contributed by atoms with Gasteiger partial charge in [-0.05, 0) is 18.6 Å². The van der Waals surface area contributed by atoms with E-state index in [4.69, 9.17) is 11.6 Å². The van der Waals surface area contributed by atoms with E-state index in [0.717, 1.165) is 6.42 Å². The maximum Gasteiger partial charge on any atom is 0.214 e. The lowest BCUT2D eigenvalue weighted by molar-refractivity contribution is 0.102. The molecule has 88 valence electrons. The van der Waals surface area contributed by atoms with Crippen LogP contribution in [-0.2, 0) is 6.54 Å². The van der Waals surface area contributed by atoms with E-state index in [2.05, 4.69) is 10.1 Å². The lowest BCUT2D eigenvalue weighted by atomic mass is 10.1. The minimum absolute atomic E-state index is 0.144. The lowest BCUT2D eigenvalue weighted by Gasteiger charge is -2.05. The molecule has 0 saturated carbocycles. The van der Waals surface area contributed by atoms with E-state index in [0.29, 0.717) is 22.8 Å². The van der Waals surface area contributed by atoms with Crippen molar-refractivity contribution in [2.75, 3.05) is 0 Å². The fraction of sp³-hybridized carbons (Fsp3) is 0.250. The SMILES string of the molecule is CCCn1ncc(Cl)c1C(=O)c1cccnc1. The molecule has 0 aliphatic rings. The van der Waals surface area contributed by atoms with Gasteiger partial charge in [0.1, 0.15) is 5.69 Å². The summed E-state index contributed by atoms with van der Waals surface area (Å²) >= 11 is 6.00. The Balaban J connectivity index is 2.40. The Kier molecular flexibility index (Phi) is 3.54. The number of aromatic nitrogens is 3. The van der Waals surface area contributed by atoms with Crippen molar-refractivity contribution in [3.63, 3.8) is 0 Å². The molecule has 0 radical (unpaired) electrons. The monoisotopic (exact) mass is 249 g/mol. The zero-order chi connectivity index (χ0) is 12.3. The number of nitrogens with zero attached hydrogens (tertiary/aromatic N) is 3. The van der Waals surface area contributed by atoms with Gasteiger partial charge < -0.3 is 0 Å². The molecule has 0 amide bonds. The lowest BCUT2D eigenvalue weighted by Crippen LogP contribution is -2.12. The van der Waals surface area contributed by atoms with Crippen LogP contribution in [0.15, 0.2) is 30.7 Å². The van der Waals surface area contributed by atoms with Gasteiger partial charge in [-0.25, -0.2) is 0 Å². The second kappa shape index (κ2) is 5.10. The first kappa shape index (κ1) is 11.8. The first-order valence-electron chi connectivity index (χ1n) is 5.40. The van der Waals surface area contributed by atoms with E-state index >= 15 is 0 Å². The summed E-state index contributed by atoms with van der Waals surface area (Å²) in [6.45, 7) is 2.70. The Hall–Kier alpha value is -1.68. The fourth-order valence-corrected chi connectivity index (χ4v) is 1.83. The number of pyridine rings is 1. The third kappa shape index (κ3) is 2.36. The van der Waals surface area contributed by atoms with Crippen LogP contribution in [0, 0.1) is 0 Å². The van der Waals surface area contributed by atoms with Crippen LogP contribution in [0.25, 0.3) is 0 Å². The molecule has 0 spiro atoms. The third-order valence-electron chi connectivity index (χ3n) is 2.37. The summed E-state index contributed by atoms with van der Waals surface area (Å²) in [5, 5.41) is 4.48. The second-order valence-electron chi connectivity index (χ2n) is 3.64. The maximum absolute atomic E-state index is 12.2. The van der Waals surface area contributed by atoms with Gasteiger partial charge in [0.25, 0.3) is 0 Å². The zero-order valence-corrected chi connectivity index (χ0v) is 10.2. The molecule has 2 heterocycles. The molecule has 4 nitrogen and oxygen atoms in total. The molecule has 0 aromatic carbocycles. The van der Waals surface area contributed by atoms with Crippen LogP contribution in [0.4, 0.5) is 0 Å². The number of rotatable bonds is 4. The van der Waals surface area contributed by atoms with Crippen molar-refractivity contribution >= 4 is 17.4 Å². The van der Waals surface area contributed by atoms with Crippen molar-refractivity contribution in [1.82, 2.24) is 14.8 Å². The van der Waals surface area contributed by atoms with Gasteiger partial charge in [0, 0.05) is 24.5 Å². The van der Waals surface area contributed by atoms with Gasteiger partial charge in [-0.1, -0.05) is 18.5 Å². The second-order valence-corrected chi connectivity index (χ2v) is 4.04. The average molecular weight is 250 g/mol. The van der Waals surface area contributed by atoms with Gasteiger partial charge >= 0.3 is 0 Å². The highest BCUT2D eigenvalue weighted by Crippen LogP contribution is 2.19. The highest BCUT2D eigenvalue weighted by Gasteiger charge is 2.18. The normalized spacial score (nSPS) is 10.5. The van der Waals surface area contributed by atoms with E-state index in [9.17, 15) is 4.79 Å². The molecule has 17 heavy (non-hydrogen) atoms. The van der Waals surface area contributed by atoms with E-state index < -0.39 is 0 Å². The molecule has 0 aliphatic carbocycles. The Morgan fingerprint density at radius 3 is 2.94 bits per heavy atom. The van der Waals surface area contributed by atoms with Crippen LogP contribution in [0.2, 0.25) is 5.02 Å². The van der Waals surface area contributed by atoms with Crippen LogP contribution in [0.3, 0.4) is 0 Å². The van der Waals surface area contributed by atoms with Gasteiger partial charge in [-0.3, -0.25) is 14.5 Å². The molecule has 2 aromatic heterocycles. The Morgan fingerprint density at radius 1 is 1.47 bits per heavy atom. The standard InChI is InChI=1S/C12H12ClN3O/c1-2-6-16-11(10(13)8-15-16)12(17)9-4-3-5-14-7-9/h3-5,7-8H,2,6H2,1H3. The molecule has 0 N–H and O–H groups in total. The van der Waals surface area contributed by atoms with Crippen LogP contribution >= 0.6 is 11.6 Å². The number of aryl methyl sites for hydroxylation is 1. The van der Waals surface area contributed by atoms with Gasteiger partial charge in [-0.15, -0.1) is 0 Å². The number of carbonyl (C=O) groups is 1. The van der Waals surface area contributed by atoms with E-state index in [1.807, 2.05) is 6.92 Å². The Bertz CT molecular complexity index is 522. The molecule has 0 bridgehead atoms. The Labute approximate surface area is 104 Å². The van der Waals surface area contributed by atoms with Crippen LogP contribution < -0.4 is 0 Å². The van der Waals surface area contributed by atoms with Crippen molar-refractivity contribution < 1.29 is 4.79 Å². The number of hydrogen-bond acceptors (Lipinski definition) is 3. The van der Waals surface area contributed by atoms with Crippen molar-refractivity contribution in [3.8, 4) is 0 Å². The number of ketones is 1. The fourth-order valence-electron chi connectivity index (χ4n) is 1.60. The Morgan fingerprint density at radius 2 is 2.29 bits per heavy atom. The number of hydrogen-bond donors (Lipinski definition) is 0. The number of halogens is 1. The van der Waals surface area contributed by atoms with Crippen molar-refractivity contribution in [2.45, 2.75) is 19.9 Å². The molecule has 2 rings (SSSR count). The average Bonchev–Trinajstić information content (AvgIpc) is 2.71. The predicted octanol–water partition coefficient (Wildman–Crippen LogP) is 2.57. The quantitative estimate of drug-likeness (QED) is 0.783. The molecule has 0 aliphatic heterocycles. The van der Waals surface area contributed by atoms with Gasteiger partial charge in [-0.2, -0.15) is 5.10 Å². The van der Waals surface area contributed by atoms with Crippen LogP contribution in [0.5, 0.6) is 0 Å². The molecule has 0 unspecified atom stereocenters. The molecular weight excluding hydrogens is 238 g/mol. The van der Waals surface area contributed by atoms with Crippen molar-refractivity contribution in [1.29, 1.82) is 0 Å². The topological polar surface area (TPSA) is 47.8 Å². The van der Waals surface area contributed by atoms with Crippen molar-refractivity contribution in [2.24, 2.45) is 0 Å². The van der Waals surface area contributed by atoms with Crippen LogP contribution in [0.1, 0.15) is 29.4 Å². The van der Waals surface area contributed by atoms with Gasteiger partial charge in [0.2, 0.25) is 5.78 Å². The first-order valence-corrected chi connectivity index (χ1v) is 5.78. The van der Waals surface area contributed by atoms with E-state index in [1.54, 1.807) is 23.0 Å². The highest BCUT2D eigenvalue weighted by molar-refractivity contribution is 6.34. The minimum Gasteiger partial charge on any atom is -0.287 e. The van der Waals surface area contributed by atoms with E-state index in [1.165, 1.54) is 12.4 Å². The summed E-state index contributed by atoms with van der Waals surface area (Å²) in [6.07, 6.45) is 5.55. The molecule has 0 saturated heterocycles. The summed E-state index contributed by atoms with van der Waals surface area (Å²) in [5.41, 5.74) is 0.953. The molecule has 0 atom stereocenters. The number of carbonyl (C=O) groups excluding carboxylic acids is 1. The smallest absolute Gasteiger partial charge is 0.214 e. The first-order chi connectivity index (χ1) is 8.24. The summed E-state index contributed by atoms with van der Waals surface area (Å²) in [4.78, 5) is 16.2. The molecular formula is C12H12ClN3O. The van der Waals surface area contributed by atoms with Gasteiger partial charge in [0.15, 0.2) is 0 Å².